The molecule has 0 saturated heterocycles. The van der Waals surface area contributed by atoms with Crippen LogP contribution in [0.5, 0.6) is 0 Å². The first-order valence-electron chi connectivity index (χ1n) is 11.0. The lowest BCUT2D eigenvalue weighted by Crippen LogP contribution is -2.25. The Kier molecular flexibility index (Phi) is 7.04. The highest BCUT2D eigenvalue weighted by molar-refractivity contribution is 7.88. The van der Waals surface area contributed by atoms with Crippen molar-refractivity contribution in [2.24, 2.45) is 10.7 Å². The number of hydrogen-bond acceptors (Lipinski definition) is 6. The van der Waals surface area contributed by atoms with Gasteiger partial charge in [0.2, 0.25) is 10.0 Å². The first-order valence-corrected chi connectivity index (χ1v) is 12.7. The summed E-state index contributed by atoms with van der Waals surface area (Å²) in [7, 11) is -1.98. The van der Waals surface area contributed by atoms with Gasteiger partial charge < -0.3 is 5.73 Å². The van der Waals surface area contributed by atoms with Crippen LogP contribution in [0.4, 0.5) is 0 Å². The maximum atomic E-state index is 13.5. The fourth-order valence-corrected chi connectivity index (χ4v) is 5.01. The monoisotopic (exact) mass is 486 g/mol. The average Bonchev–Trinajstić information content (AvgIpc) is 2.98. The molecular weight excluding hydrogens is 460 g/mol. The lowest BCUT2D eigenvalue weighted by molar-refractivity contribution is 0.580. The first-order chi connectivity index (χ1) is 16.8. The topological polar surface area (TPSA) is 115 Å². The van der Waals surface area contributed by atoms with Crippen molar-refractivity contribution in [1.82, 2.24) is 9.71 Å². The second kappa shape index (κ2) is 10.2. The molecule has 0 aliphatic rings. The normalized spacial score (nSPS) is 12.6. The van der Waals surface area contributed by atoms with Crippen LogP contribution in [0.1, 0.15) is 22.3 Å². The van der Waals surface area contributed by atoms with E-state index in [-0.39, 0.29) is 17.7 Å². The summed E-state index contributed by atoms with van der Waals surface area (Å²) in [6, 6.07) is 18.1. The molecule has 178 valence electrons. The second-order valence-corrected chi connectivity index (χ2v) is 10.1. The molecular formula is C27H26N4O3S. The van der Waals surface area contributed by atoms with Crippen LogP contribution < -0.4 is 15.9 Å². The summed E-state index contributed by atoms with van der Waals surface area (Å²) in [5.41, 5.74) is 9.78. The first kappa shape index (κ1) is 24.3. The molecule has 0 radical (unpaired) electrons. The minimum Gasteiger partial charge on any atom is -0.404 e. The predicted octanol–water partition coefficient (Wildman–Crippen LogP) is 3.68. The van der Waals surface area contributed by atoms with Crippen molar-refractivity contribution in [3.63, 3.8) is 0 Å². The number of benzene rings is 2. The lowest BCUT2D eigenvalue weighted by atomic mass is 10.1. The van der Waals surface area contributed by atoms with Crippen LogP contribution in [-0.4, -0.2) is 26.7 Å². The molecule has 4 rings (SSSR count). The second-order valence-electron chi connectivity index (χ2n) is 8.26. The van der Waals surface area contributed by atoms with Crippen LogP contribution in [0, 0.1) is 6.92 Å². The molecule has 0 unspecified atom stereocenters. The quantitative estimate of drug-likeness (QED) is 0.387. The van der Waals surface area contributed by atoms with Crippen molar-refractivity contribution >= 4 is 43.5 Å². The van der Waals surface area contributed by atoms with Gasteiger partial charge in [-0.1, -0.05) is 42.5 Å². The van der Waals surface area contributed by atoms with E-state index in [2.05, 4.69) is 14.7 Å². The molecule has 0 fully saturated rings. The zero-order valence-electron chi connectivity index (χ0n) is 19.5. The summed E-state index contributed by atoms with van der Waals surface area (Å²) < 4.78 is 28.2. The van der Waals surface area contributed by atoms with E-state index in [0.717, 1.165) is 11.1 Å². The number of sulfonamides is 1. The number of rotatable bonds is 7. The number of pyridine rings is 1. The van der Waals surface area contributed by atoms with Crippen LogP contribution in [0.3, 0.4) is 0 Å². The number of fused-ring (bicyclic) bond motifs is 2. The Balaban J connectivity index is 1.71. The van der Waals surface area contributed by atoms with Crippen LogP contribution in [0.2, 0.25) is 0 Å². The highest BCUT2D eigenvalue weighted by Crippen LogP contribution is 2.20. The van der Waals surface area contributed by atoms with Gasteiger partial charge in [0.15, 0.2) is 5.43 Å². The summed E-state index contributed by atoms with van der Waals surface area (Å²) in [4.78, 5) is 21.9. The molecule has 0 atom stereocenters. The van der Waals surface area contributed by atoms with Crippen molar-refractivity contribution in [3.05, 3.63) is 106 Å². The van der Waals surface area contributed by atoms with Crippen LogP contribution in [0.25, 0.3) is 27.2 Å². The molecule has 1 aromatic heterocycles. The molecule has 7 nitrogen and oxygen atoms in total. The third-order valence-corrected chi connectivity index (χ3v) is 7.13. The van der Waals surface area contributed by atoms with Crippen molar-refractivity contribution in [2.45, 2.75) is 19.2 Å². The average molecular weight is 487 g/mol. The number of nitrogens with two attached hydrogens (primary N) is 1. The maximum absolute atomic E-state index is 13.5. The maximum Gasteiger partial charge on any atom is 0.216 e. The Labute approximate surface area is 204 Å². The van der Waals surface area contributed by atoms with Gasteiger partial charge in [-0.25, -0.2) is 13.1 Å². The molecule has 0 aliphatic carbocycles. The predicted molar refractivity (Wildman–Crippen MR) is 143 cm³/mol. The van der Waals surface area contributed by atoms with Gasteiger partial charge in [-0.3, -0.25) is 14.8 Å². The van der Waals surface area contributed by atoms with Crippen LogP contribution >= 0.6 is 0 Å². The van der Waals surface area contributed by atoms with Gasteiger partial charge in [0.1, 0.15) is 0 Å². The van der Waals surface area contributed by atoms with E-state index in [9.17, 15) is 13.2 Å². The molecule has 35 heavy (non-hydrogen) atoms. The molecule has 1 heterocycles. The van der Waals surface area contributed by atoms with E-state index in [4.69, 9.17) is 5.73 Å². The number of aliphatic imine (C=N–C) groups is 1. The number of aromatic nitrogens is 1. The largest absolute Gasteiger partial charge is 0.404 e. The highest BCUT2D eigenvalue weighted by Gasteiger charge is 2.14. The summed E-state index contributed by atoms with van der Waals surface area (Å²) >= 11 is 0. The minimum absolute atomic E-state index is 0.210. The molecule has 8 heteroatoms. The third kappa shape index (κ3) is 5.45. The van der Waals surface area contributed by atoms with E-state index < -0.39 is 10.0 Å². The van der Waals surface area contributed by atoms with Crippen molar-refractivity contribution < 1.29 is 8.42 Å². The van der Waals surface area contributed by atoms with Crippen molar-refractivity contribution in [1.29, 1.82) is 0 Å². The van der Waals surface area contributed by atoms with Gasteiger partial charge in [0, 0.05) is 54.1 Å². The molecule has 0 saturated carbocycles. The smallest absolute Gasteiger partial charge is 0.216 e. The molecule has 0 bridgehead atoms. The van der Waals surface area contributed by atoms with E-state index in [1.54, 1.807) is 49.8 Å². The number of nitrogens with one attached hydrogen (secondary N) is 1. The van der Waals surface area contributed by atoms with Gasteiger partial charge in [-0.05, 0) is 47.2 Å². The molecule has 0 spiro atoms. The number of hydrogen-bond donors (Lipinski definition) is 2. The van der Waals surface area contributed by atoms with Crippen LogP contribution in [-0.2, 0) is 22.3 Å². The lowest BCUT2D eigenvalue weighted by Gasteiger charge is -2.09. The fraction of sp³-hybridized carbons (Fsp3) is 0.148. The summed E-state index contributed by atoms with van der Waals surface area (Å²) in [5, 5.41) is 1.54. The van der Waals surface area contributed by atoms with Gasteiger partial charge in [-0.15, -0.1) is 0 Å². The molecule has 0 amide bonds. The molecule has 3 aromatic carbocycles. The fourth-order valence-electron chi connectivity index (χ4n) is 3.92. The molecule has 4 aromatic rings. The number of aryl methyl sites for hydroxylation is 1. The number of allylic oxidation sites excluding steroid dienone is 1. The van der Waals surface area contributed by atoms with Gasteiger partial charge in [0.25, 0.3) is 0 Å². The van der Waals surface area contributed by atoms with Crippen molar-refractivity contribution in [2.75, 3.05) is 7.05 Å². The Morgan fingerprint density at radius 1 is 1.09 bits per heavy atom. The van der Waals surface area contributed by atoms with E-state index in [1.807, 2.05) is 37.3 Å². The molecule has 3 N–H and O–H groups in total. The van der Waals surface area contributed by atoms with Crippen LogP contribution in [0.15, 0.2) is 82.8 Å². The Hall–Kier alpha value is -3.88. The summed E-state index contributed by atoms with van der Waals surface area (Å²) in [6.07, 6.45) is 4.65. The van der Waals surface area contributed by atoms with Gasteiger partial charge in [0.05, 0.1) is 11.3 Å². The summed E-state index contributed by atoms with van der Waals surface area (Å²) in [6.45, 7) is 2.15. The van der Waals surface area contributed by atoms with E-state index in [0.29, 0.717) is 38.4 Å². The SMILES string of the molecule is CN=CC(=CN)c1cnc2ccc3ccc(CS(=O)(=O)NCc4ccccc4C)cc3c(=O)c2c1. The third-order valence-electron chi connectivity index (χ3n) is 5.83. The van der Waals surface area contributed by atoms with Gasteiger partial charge in [-0.2, -0.15) is 0 Å². The standard InChI is InChI=1S/C27H26N4O3S/c1-18-5-3-4-6-21(18)16-31-35(33,34)17-19-7-8-20-9-10-26-25(27(32)24(20)11-19)12-22(15-30-26)23(13-28)14-29-2/h3-15,31H,16-17,28H2,1-2H3. The van der Waals surface area contributed by atoms with Gasteiger partial charge >= 0.3 is 0 Å². The van der Waals surface area contributed by atoms with E-state index in [1.165, 1.54) is 6.20 Å². The van der Waals surface area contributed by atoms with E-state index >= 15 is 0 Å². The number of nitrogens with zero attached hydrogens (tertiary/aromatic N) is 2. The summed E-state index contributed by atoms with van der Waals surface area (Å²) in [5.74, 6) is -0.235. The Morgan fingerprint density at radius 2 is 1.86 bits per heavy atom. The Bertz CT molecular complexity index is 1640. The zero-order valence-corrected chi connectivity index (χ0v) is 20.3. The molecule has 0 aliphatic heterocycles. The Morgan fingerprint density at radius 3 is 2.60 bits per heavy atom. The van der Waals surface area contributed by atoms with Crippen molar-refractivity contribution in [3.8, 4) is 0 Å². The zero-order chi connectivity index (χ0) is 25.0. The minimum atomic E-state index is -3.62. The highest BCUT2D eigenvalue weighted by atomic mass is 32.2.